The molecule has 2 heterocycles. The van der Waals surface area contributed by atoms with Crippen LogP contribution in [0.2, 0.25) is 5.02 Å². The van der Waals surface area contributed by atoms with E-state index in [1.165, 1.54) is 0 Å². The predicted molar refractivity (Wildman–Crippen MR) is 261 cm³/mol. The molecular weight excluding hydrogens is 860 g/mol. The van der Waals surface area contributed by atoms with Crippen LogP contribution in [0.3, 0.4) is 0 Å². The second-order valence-electron chi connectivity index (χ2n) is 17.8. The summed E-state index contributed by atoms with van der Waals surface area (Å²) in [6.07, 6.45) is 0.0133. The minimum Gasteiger partial charge on any atom is -0.445 e. The van der Waals surface area contributed by atoms with E-state index in [4.69, 9.17) is 30.5 Å². The van der Waals surface area contributed by atoms with Crippen molar-refractivity contribution in [1.82, 2.24) is 20.4 Å². The molecule has 66 heavy (non-hydrogen) atoms. The van der Waals surface area contributed by atoms with Crippen LogP contribution in [0.15, 0.2) is 103 Å². The average molecular weight is 930 g/mol. The van der Waals surface area contributed by atoms with E-state index < -0.39 is 23.4 Å². The summed E-state index contributed by atoms with van der Waals surface area (Å²) in [6.45, 7) is 17.9. The van der Waals surface area contributed by atoms with Gasteiger partial charge in [0.25, 0.3) is 0 Å². The Hall–Kier alpha value is -6.15. The summed E-state index contributed by atoms with van der Waals surface area (Å²) in [7, 11) is 0. The molecule has 2 N–H and O–H groups in total. The fraction of sp³-hybridized carbons (Fsp3) is 0.451. The Balaban J connectivity index is 0.000000284. The topological polar surface area (TPSA) is 142 Å². The third-order valence-corrected chi connectivity index (χ3v) is 10.6. The molecule has 15 heteroatoms. The van der Waals surface area contributed by atoms with Gasteiger partial charge in [-0.3, -0.25) is 0 Å². The zero-order valence-corrected chi connectivity index (χ0v) is 39.4. The number of anilines is 2. The molecule has 0 unspecified atom stereocenters. The van der Waals surface area contributed by atoms with Gasteiger partial charge in [-0.1, -0.05) is 97.9 Å². The van der Waals surface area contributed by atoms with Crippen LogP contribution in [-0.2, 0) is 45.0 Å². The van der Waals surface area contributed by atoms with E-state index in [1.54, 1.807) is 9.80 Å². The minimum atomic E-state index is -0.516. The molecule has 2 saturated heterocycles. The first-order valence-electron chi connectivity index (χ1n) is 22.2. The summed E-state index contributed by atoms with van der Waals surface area (Å²) in [5.74, 6) is 0. The highest BCUT2D eigenvalue weighted by Gasteiger charge is 2.25. The lowest BCUT2D eigenvalue weighted by molar-refractivity contribution is 0.0517. The minimum absolute atomic E-state index is 0. The lowest BCUT2D eigenvalue weighted by Crippen LogP contribution is -2.49. The first-order chi connectivity index (χ1) is 31.0. The van der Waals surface area contributed by atoms with Gasteiger partial charge >= 0.3 is 24.4 Å². The number of halogens is 1. The van der Waals surface area contributed by atoms with Crippen molar-refractivity contribution in [2.24, 2.45) is 0 Å². The number of alkyl carbamates (subject to hydrolysis) is 2. The largest absolute Gasteiger partial charge is 0.445 e. The highest BCUT2D eigenvalue weighted by atomic mass is 35.5. The number of amides is 4. The maximum Gasteiger partial charge on any atom is 0.410 e. The number of piperazine rings is 2. The van der Waals surface area contributed by atoms with Crippen LogP contribution in [0.25, 0.3) is 0 Å². The van der Waals surface area contributed by atoms with E-state index in [0.717, 1.165) is 53.1 Å². The molecular formula is C51H69ClN6O8. The maximum absolute atomic E-state index is 12.4. The number of hydrogen-bond donors (Lipinski definition) is 2. The molecule has 0 atom stereocenters. The second kappa shape index (κ2) is 25.5. The summed E-state index contributed by atoms with van der Waals surface area (Å²) in [6, 6.07) is 33.6. The van der Waals surface area contributed by atoms with Gasteiger partial charge in [0.05, 0.1) is 10.7 Å². The average Bonchev–Trinajstić information content (AvgIpc) is 3.27. The van der Waals surface area contributed by atoms with Crippen molar-refractivity contribution in [3.05, 3.63) is 130 Å². The molecule has 2 aliphatic rings. The van der Waals surface area contributed by atoms with Crippen molar-refractivity contribution < 1.29 is 38.1 Å². The fourth-order valence-corrected chi connectivity index (χ4v) is 7.30. The van der Waals surface area contributed by atoms with E-state index in [1.807, 2.05) is 120 Å². The lowest BCUT2D eigenvalue weighted by atomic mass is 10.1. The van der Waals surface area contributed by atoms with Crippen LogP contribution in [0.5, 0.6) is 0 Å². The van der Waals surface area contributed by atoms with Crippen molar-refractivity contribution in [2.75, 3.05) is 75.2 Å². The summed E-state index contributed by atoms with van der Waals surface area (Å²) in [5.41, 5.74) is 5.20. The van der Waals surface area contributed by atoms with Crippen LogP contribution in [0.1, 0.15) is 71.2 Å². The van der Waals surface area contributed by atoms with Gasteiger partial charge in [0.2, 0.25) is 0 Å². The molecule has 2 fully saturated rings. The number of nitrogens with zero attached hydrogens (tertiary/aromatic N) is 4. The zero-order chi connectivity index (χ0) is 46.8. The highest BCUT2D eigenvalue weighted by Crippen LogP contribution is 2.28. The Kier molecular flexibility index (Phi) is 20.3. The highest BCUT2D eigenvalue weighted by molar-refractivity contribution is 6.33. The zero-order valence-electron chi connectivity index (χ0n) is 38.6. The van der Waals surface area contributed by atoms with Crippen molar-refractivity contribution >= 4 is 47.3 Å². The van der Waals surface area contributed by atoms with E-state index in [-0.39, 0.29) is 26.2 Å². The van der Waals surface area contributed by atoms with Gasteiger partial charge in [0, 0.05) is 71.1 Å². The molecule has 0 aliphatic carbocycles. The normalized spacial score (nSPS) is 13.9. The first kappa shape index (κ1) is 52.5. The van der Waals surface area contributed by atoms with Crippen LogP contribution in [0, 0.1) is 0 Å². The van der Waals surface area contributed by atoms with Crippen molar-refractivity contribution in [3.63, 3.8) is 0 Å². The number of ether oxygens (including phenoxy) is 4. The summed E-state index contributed by atoms with van der Waals surface area (Å²) >= 11 is 6.55. The number of carbonyl (C=O) groups is 4. The summed E-state index contributed by atoms with van der Waals surface area (Å²) in [4.78, 5) is 56.1. The van der Waals surface area contributed by atoms with Crippen molar-refractivity contribution in [1.29, 1.82) is 0 Å². The van der Waals surface area contributed by atoms with E-state index in [2.05, 4.69) is 44.7 Å². The predicted octanol–water partition coefficient (Wildman–Crippen LogP) is 9.71. The Morgan fingerprint density at radius 3 is 1.36 bits per heavy atom. The molecule has 0 aromatic heterocycles. The molecule has 4 amide bonds. The maximum atomic E-state index is 12.4. The number of benzene rings is 4. The number of rotatable bonds is 12. The van der Waals surface area contributed by atoms with Crippen LogP contribution in [-0.4, -0.2) is 111 Å². The SMILES string of the molecule is C.CC(C)(C)OC(=O)NCCc1ccc(N2CCN(C(=O)OCc3ccccc3)CC2)c(Cl)c1.CC(C)(C)OC(=O)NCCc1ccc(N2CCN(C(=O)OCc3ccccc3)CC2)cc1. The van der Waals surface area contributed by atoms with Gasteiger partial charge in [-0.25, -0.2) is 19.2 Å². The smallest absolute Gasteiger partial charge is 0.410 e. The van der Waals surface area contributed by atoms with Gasteiger partial charge in [0.15, 0.2) is 0 Å². The molecule has 4 aromatic carbocycles. The fourth-order valence-electron chi connectivity index (χ4n) is 6.98. The van der Waals surface area contributed by atoms with E-state index in [0.29, 0.717) is 70.4 Å². The van der Waals surface area contributed by atoms with Crippen LogP contribution >= 0.6 is 11.6 Å². The standard InChI is InChI=1S/C25H32ClN3O4.C25H33N3O4.CH4/c1-25(2,3)33-23(30)27-12-11-19-9-10-22(21(26)17-19)28-13-15-29(16-14-28)24(31)32-18-20-7-5-4-6-8-20;1-25(2,3)32-23(29)26-14-13-20-9-11-22(12-10-20)27-15-17-28(18-16-27)24(30)31-19-21-7-5-4-6-8-21;/h4-10,17H,11-16,18H2,1-3H3,(H,27,30);4-12H,13-19H2,1-3H3,(H,26,29);1H4. The number of carbonyl (C=O) groups excluding carboxylic acids is 4. The Bertz CT molecular complexity index is 2110. The molecule has 0 spiro atoms. The van der Waals surface area contributed by atoms with E-state index >= 15 is 0 Å². The van der Waals surface area contributed by atoms with Gasteiger partial charge in [-0.15, -0.1) is 0 Å². The number of nitrogens with one attached hydrogen (secondary N) is 2. The van der Waals surface area contributed by atoms with Gasteiger partial charge in [0.1, 0.15) is 24.4 Å². The van der Waals surface area contributed by atoms with Crippen LogP contribution < -0.4 is 20.4 Å². The number of hydrogen-bond acceptors (Lipinski definition) is 10. The summed E-state index contributed by atoms with van der Waals surface area (Å²) < 4.78 is 21.4. The third-order valence-electron chi connectivity index (χ3n) is 10.3. The van der Waals surface area contributed by atoms with Gasteiger partial charge in [-0.05, 0) is 101 Å². The van der Waals surface area contributed by atoms with Gasteiger partial charge < -0.3 is 49.2 Å². The van der Waals surface area contributed by atoms with Gasteiger partial charge in [-0.2, -0.15) is 0 Å². The third kappa shape index (κ3) is 18.4. The molecule has 14 nitrogen and oxygen atoms in total. The van der Waals surface area contributed by atoms with Crippen LogP contribution in [0.4, 0.5) is 30.6 Å². The monoisotopic (exact) mass is 928 g/mol. The Morgan fingerprint density at radius 2 is 0.939 bits per heavy atom. The summed E-state index contributed by atoms with van der Waals surface area (Å²) in [5, 5.41) is 6.20. The second-order valence-corrected chi connectivity index (χ2v) is 18.2. The Morgan fingerprint density at radius 1 is 0.530 bits per heavy atom. The molecule has 0 radical (unpaired) electrons. The van der Waals surface area contributed by atoms with Crippen molar-refractivity contribution in [3.8, 4) is 0 Å². The molecule has 0 saturated carbocycles. The van der Waals surface area contributed by atoms with Crippen molar-refractivity contribution in [2.45, 2.75) is 86.2 Å². The molecule has 6 rings (SSSR count). The molecule has 2 aliphatic heterocycles. The molecule has 358 valence electrons. The Labute approximate surface area is 396 Å². The quantitative estimate of drug-likeness (QED) is 0.132. The molecule has 4 aromatic rings. The first-order valence-corrected chi connectivity index (χ1v) is 22.6. The lowest BCUT2D eigenvalue weighted by Gasteiger charge is -2.36. The van der Waals surface area contributed by atoms with E-state index in [9.17, 15) is 19.2 Å². The molecule has 0 bridgehead atoms.